The highest BCUT2D eigenvalue weighted by atomic mass is 19.1. The molecular weight excluding hydrogens is 217 g/mol. The fourth-order valence-electron chi connectivity index (χ4n) is 2.27. The van der Waals surface area contributed by atoms with Crippen molar-refractivity contribution in [3.05, 3.63) is 35.1 Å². The Labute approximate surface area is 102 Å². The molecule has 1 fully saturated rings. The first-order valence-corrected chi connectivity index (χ1v) is 6.24. The number of ether oxygens (including phenoxy) is 1. The zero-order valence-electron chi connectivity index (χ0n) is 10.5. The van der Waals surface area contributed by atoms with Gasteiger partial charge in [0.1, 0.15) is 5.82 Å². The maximum atomic E-state index is 13.1. The van der Waals surface area contributed by atoms with Crippen molar-refractivity contribution in [2.45, 2.75) is 32.9 Å². The average Bonchev–Trinajstić information content (AvgIpc) is 2.70. The van der Waals surface area contributed by atoms with E-state index in [9.17, 15) is 4.39 Å². The lowest BCUT2D eigenvalue weighted by Crippen LogP contribution is -2.26. The number of benzene rings is 1. The highest BCUT2D eigenvalue weighted by Crippen LogP contribution is 2.19. The molecule has 94 valence electrons. The van der Waals surface area contributed by atoms with Gasteiger partial charge in [-0.15, -0.1) is 0 Å². The van der Waals surface area contributed by atoms with Crippen molar-refractivity contribution in [3.63, 3.8) is 0 Å². The number of nitrogens with one attached hydrogen (secondary N) is 1. The van der Waals surface area contributed by atoms with E-state index in [0.29, 0.717) is 12.0 Å². The van der Waals surface area contributed by atoms with Gasteiger partial charge in [0, 0.05) is 19.7 Å². The van der Waals surface area contributed by atoms with Crippen molar-refractivity contribution < 1.29 is 9.13 Å². The van der Waals surface area contributed by atoms with E-state index >= 15 is 0 Å². The molecule has 0 saturated carbocycles. The summed E-state index contributed by atoms with van der Waals surface area (Å²) in [6.07, 6.45) is 1.46. The van der Waals surface area contributed by atoms with Crippen molar-refractivity contribution in [1.82, 2.24) is 5.32 Å². The summed E-state index contributed by atoms with van der Waals surface area (Å²) in [7, 11) is 0. The molecule has 0 radical (unpaired) electrons. The number of hydrogen-bond acceptors (Lipinski definition) is 2. The molecule has 0 aliphatic carbocycles. The fraction of sp³-hybridized carbons (Fsp3) is 0.571. The van der Waals surface area contributed by atoms with E-state index in [4.69, 9.17) is 4.74 Å². The van der Waals surface area contributed by atoms with Crippen molar-refractivity contribution in [1.29, 1.82) is 0 Å². The number of rotatable bonds is 4. The van der Waals surface area contributed by atoms with Crippen LogP contribution in [0.3, 0.4) is 0 Å². The van der Waals surface area contributed by atoms with Gasteiger partial charge in [-0.2, -0.15) is 0 Å². The lowest BCUT2D eigenvalue weighted by Gasteiger charge is -2.15. The molecular formula is C14H20FNO. The average molecular weight is 237 g/mol. The fourth-order valence-corrected chi connectivity index (χ4v) is 2.27. The molecule has 1 aliphatic heterocycles. The van der Waals surface area contributed by atoms with E-state index < -0.39 is 0 Å². The van der Waals surface area contributed by atoms with Gasteiger partial charge in [0.05, 0.1) is 6.10 Å². The van der Waals surface area contributed by atoms with Crippen LogP contribution < -0.4 is 5.32 Å². The molecule has 2 atom stereocenters. The van der Waals surface area contributed by atoms with Gasteiger partial charge in [0.2, 0.25) is 0 Å². The molecule has 1 saturated heterocycles. The van der Waals surface area contributed by atoms with E-state index in [-0.39, 0.29) is 5.82 Å². The Hall–Kier alpha value is -0.930. The Morgan fingerprint density at radius 3 is 3.00 bits per heavy atom. The van der Waals surface area contributed by atoms with Crippen LogP contribution >= 0.6 is 0 Å². The number of halogens is 1. The Morgan fingerprint density at radius 2 is 2.29 bits per heavy atom. The van der Waals surface area contributed by atoms with Crippen LogP contribution in [-0.4, -0.2) is 19.3 Å². The highest BCUT2D eigenvalue weighted by molar-refractivity contribution is 5.26. The predicted molar refractivity (Wildman–Crippen MR) is 66.4 cm³/mol. The second-order valence-corrected chi connectivity index (χ2v) is 4.83. The summed E-state index contributed by atoms with van der Waals surface area (Å²) in [5.41, 5.74) is 2.17. The molecule has 1 N–H and O–H groups in total. The van der Waals surface area contributed by atoms with Crippen LogP contribution in [0.2, 0.25) is 0 Å². The predicted octanol–water partition coefficient (Wildman–Crippen LogP) is 2.65. The quantitative estimate of drug-likeness (QED) is 0.869. The standard InChI is InChI=1S/C14H20FNO/c1-10-3-4-14(15)7-13(10)9-16-8-12-5-6-17-11(12)2/h3-4,7,11-12,16H,5-6,8-9H2,1-2H3. The summed E-state index contributed by atoms with van der Waals surface area (Å²) in [6.45, 7) is 6.67. The van der Waals surface area contributed by atoms with Gasteiger partial charge in [0.15, 0.2) is 0 Å². The largest absolute Gasteiger partial charge is 0.378 e. The van der Waals surface area contributed by atoms with Crippen LogP contribution in [-0.2, 0) is 11.3 Å². The number of hydrogen-bond donors (Lipinski definition) is 1. The van der Waals surface area contributed by atoms with E-state index in [1.807, 2.05) is 13.0 Å². The smallest absolute Gasteiger partial charge is 0.123 e. The van der Waals surface area contributed by atoms with Crippen LogP contribution in [0.1, 0.15) is 24.5 Å². The van der Waals surface area contributed by atoms with Crippen molar-refractivity contribution >= 4 is 0 Å². The molecule has 2 nitrogen and oxygen atoms in total. The molecule has 17 heavy (non-hydrogen) atoms. The maximum Gasteiger partial charge on any atom is 0.123 e. The lowest BCUT2D eigenvalue weighted by molar-refractivity contribution is 0.105. The summed E-state index contributed by atoms with van der Waals surface area (Å²) in [4.78, 5) is 0. The third-order valence-corrected chi connectivity index (χ3v) is 3.57. The van der Waals surface area contributed by atoms with Gasteiger partial charge < -0.3 is 10.1 Å². The summed E-state index contributed by atoms with van der Waals surface area (Å²) in [5.74, 6) is 0.425. The van der Waals surface area contributed by atoms with Crippen molar-refractivity contribution in [3.8, 4) is 0 Å². The van der Waals surface area contributed by atoms with Crippen LogP contribution in [0, 0.1) is 18.7 Å². The van der Waals surface area contributed by atoms with E-state index in [1.54, 1.807) is 6.07 Å². The van der Waals surface area contributed by atoms with Crippen LogP contribution in [0.15, 0.2) is 18.2 Å². The minimum atomic E-state index is -0.162. The highest BCUT2D eigenvalue weighted by Gasteiger charge is 2.23. The van der Waals surface area contributed by atoms with Gasteiger partial charge in [-0.3, -0.25) is 0 Å². The van der Waals surface area contributed by atoms with Gasteiger partial charge in [0.25, 0.3) is 0 Å². The first-order valence-electron chi connectivity index (χ1n) is 6.24. The van der Waals surface area contributed by atoms with Crippen LogP contribution in [0.4, 0.5) is 4.39 Å². The molecule has 0 aromatic heterocycles. The van der Waals surface area contributed by atoms with Crippen LogP contribution in [0.25, 0.3) is 0 Å². The zero-order valence-corrected chi connectivity index (χ0v) is 10.5. The Bertz CT molecular complexity index is 380. The third-order valence-electron chi connectivity index (χ3n) is 3.57. The molecule has 2 rings (SSSR count). The number of aryl methyl sites for hydroxylation is 1. The molecule has 0 bridgehead atoms. The Kier molecular flexibility index (Phi) is 4.13. The molecule has 1 aromatic rings. The molecule has 1 aromatic carbocycles. The monoisotopic (exact) mass is 237 g/mol. The van der Waals surface area contributed by atoms with E-state index in [2.05, 4.69) is 12.2 Å². The molecule has 0 amide bonds. The summed E-state index contributed by atoms with van der Waals surface area (Å²) in [6, 6.07) is 4.94. The molecule has 1 heterocycles. The maximum absolute atomic E-state index is 13.1. The van der Waals surface area contributed by atoms with Gasteiger partial charge >= 0.3 is 0 Å². The minimum Gasteiger partial charge on any atom is -0.378 e. The molecule has 3 heteroatoms. The van der Waals surface area contributed by atoms with Gasteiger partial charge in [-0.05, 0) is 49.4 Å². The summed E-state index contributed by atoms with van der Waals surface area (Å²) in [5, 5.41) is 3.40. The van der Waals surface area contributed by atoms with Crippen molar-refractivity contribution in [2.24, 2.45) is 5.92 Å². The normalized spacial score (nSPS) is 24.2. The van der Waals surface area contributed by atoms with Gasteiger partial charge in [-0.25, -0.2) is 4.39 Å². The van der Waals surface area contributed by atoms with Crippen molar-refractivity contribution in [2.75, 3.05) is 13.2 Å². The van der Waals surface area contributed by atoms with Gasteiger partial charge in [-0.1, -0.05) is 6.07 Å². The molecule has 2 unspecified atom stereocenters. The van der Waals surface area contributed by atoms with Crippen LogP contribution in [0.5, 0.6) is 0 Å². The minimum absolute atomic E-state index is 0.162. The Balaban J connectivity index is 1.83. The second-order valence-electron chi connectivity index (χ2n) is 4.83. The second kappa shape index (κ2) is 5.61. The first kappa shape index (κ1) is 12.5. The summed E-state index contributed by atoms with van der Waals surface area (Å²) >= 11 is 0. The Morgan fingerprint density at radius 1 is 1.47 bits per heavy atom. The first-order chi connectivity index (χ1) is 8.16. The zero-order chi connectivity index (χ0) is 12.3. The lowest BCUT2D eigenvalue weighted by atomic mass is 10.0. The van der Waals surface area contributed by atoms with E-state index in [1.165, 1.54) is 6.07 Å². The molecule has 0 spiro atoms. The summed E-state index contributed by atoms with van der Waals surface area (Å²) < 4.78 is 18.6. The van der Waals surface area contributed by atoms with E-state index in [0.717, 1.165) is 37.2 Å². The third kappa shape index (κ3) is 3.27. The topological polar surface area (TPSA) is 21.3 Å². The molecule has 1 aliphatic rings. The SMILES string of the molecule is Cc1ccc(F)cc1CNCC1CCOC1C.